The van der Waals surface area contributed by atoms with Crippen LogP contribution in [0, 0.1) is 5.41 Å². The van der Waals surface area contributed by atoms with Crippen LogP contribution < -0.4 is 5.32 Å². The van der Waals surface area contributed by atoms with Crippen LogP contribution >= 0.6 is 15.9 Å². The molecule has 0 bridgehead atoms. The molecule has 0 atom stereocenters. The minimum Gasteiger partial charge on any atom is -0.351 e. The normalized spacial score (nSPS) is 17.3. The van der Waals surface area contributed by atoms with E-state index in [2.05, 4.69) is 28.2 Å². The molecule has 1 aromatic carbocycles. The first-order valence-corrected chi connectivity index (χ1v) is 6.98. The van der Waals surface area contributed by atoms with E-state index in [1.54, 1.807) is 0 Å². The van der Waals surface area contributed by atoms with Crippen LogP contribution in [0.1, 0.15) is 43.0 Å². The van der Waals surface area contributed by atoms with Gasteiger partial charge < -0.3 is 5.32 Å². The molecule has 2 nitrogen and oxygen atoms in total. The summed E-state index contributed by atoms with van der Waals surface area (Å²) in [6.07, 6.45) is 4.97. The van der Waals surface area contributed by atoms with E-state index in [4.69, 9.17) is 0 Å². The Hall–Kier alpha value is -0.830. The Morgan fingerprint density at radius 2 is 2.24 bits per heavy atom. The number of carbonyl (C=O) groups excluding carboxylic acids is 1. The van der Waals surface area contributed by atoms with E-state index < -0.39 is 0 Å². The molecule has 0 aliphatic heterocycles. The largest absolute Gasteiger partial charge is 0.351 e. The molecule has 1 aromatic rings. The van der Waals surface area contributed by atoms with Crippen molar-refractivity contribution in [1.29, 1.82) is 0 Å². The van der Waals surface area contributed by atoms with Crippen LogP contribution in [0.5, 0.6) is 0 Å². The fraction of sp³-hybridized carbons (Fsp3) is 0.500. The van der Waals surface area contributed by atoms with Crippen LogP contribution in [0.3, 0.4) is 0 Å². The lowest BCUT2D eigenvalue weighted by Gasteiger charge is -2.41. The molecule has 3 heteroatoms. The molecule has 0 heterocycles. The SMILES string of the molecule is CCC1(CNC(=O)c2cccc(Br)c2)CCC1. The van der Waals surface area contributed by atoms with E-state index in [9.17, 15) is 4.79 Å². The molecule has 1 N–H and O–H groups in total. The number of carbonyl (C=O) groups is 1. The van der Waals surface area contributed by atoms with Gasteiger partial charge in [0.05, 0.1) is 0 Å². The van der Waals surface area contributed by atoms with Gasteiger partial charge in [0.1, 0.15) is 0 Å². The first-order chi connectivity index (χ1) is 8.15. The number of hydrogen-bond acceptors (Lipinski definition) is 1. The predicted molar refractivity (Wildman–Crippen MR) is 73.1 cm³/mol. The summed E-state index contributed by atoms with van der Waals surface area (Å²) in [7, 11) is 0. The second-order valence-corrected chi connectivity index (χ2v) is 5.82. The minimum absolute atomic E-state index is 0.0334. The minimum atomic E-state index is 0.0334. The molecule has 1 saturated carbocycles. The van der Waals surface area contributed by atoms with Crippen LogP contribution in [-0.2, 0) is 0 Å². The fourth-order valence-corrected chi connectivity index (χ4v) is 2.73. The Morgan fingerprint density at radius 1 is 1.47 bits per heavy atom. The van der Waals surface area contributed by atoms with Crippen LogP contribution in [-0.4, -0.2) is 12.5 Å². The van der Waals surface area contributed by atoms with Crippen molar-refractivity contribution in [1.82, 2.24) is 5.32 Å². The summed E-state index contributed by atoms with van der Waals surface area (Å²) in [4.78, 5) is 12.0. The molecule has 1 aliphatic rings. The van der Waals surface area contributed by atoms with Crippen LogP contribution in [0.2, 0.25) is 0 Å². The van der Waals surface area contributed by atoms with Crippen molar-refractivity contribution in [2.45, 2.75) is 32.6 Å². The highest BCUT2D eigenvalue weighted by Gasteiger charge is 2.35. The second-order valence-electron chi connectivity index (χ2n) is 4.90. The fourth-order valence-electron chi connectivity index (χ4n) is 2.33. The third-order valence-electron chi connectivity index (χ3n) is 3.87. The van der Waals surface area contributed by atoms with Gasteiger partial charge in [0, 0.05) is 16.6 Å². The highest BCUT2D eigenvalue weighted by molar-refractivity contribution is 9.10. The van der Waals surface area contributed by atoms with Gasteiger partial charge in [0.25, 0.3) is 5.91 Å². The van der Waals surface area contributed by atoms with Crippen molar-refractivity contribution in [3.63, 3.8) is 0 Å². The Balaban J connectivity index is 1.93. The number of benzene rings is 1. The molecule has 0 saturated heterocycles. The predicted octanol–water partition coefficient (Wildman–Crippen LogP) is 3.76. The molecule has 17 heavy (non-hydrogen) atoms. The van der Waals surface area contributed by atoms with E-state index in [0.717, 1.165) is 23.0 Å². The molecule has 1 fully saturated rings. The maximum absolute atomic E-state index is 12.0. The maximum atomic E-state index is 12.0. The quantitative estimate of drug-likeness (QED) is 0.900. The zero-order valence-corrected chi connectivity index (χ0v) is 11.7. The number of hydrogen-bond donors (Lipinski definition) is 1. The first kappa shape index (κ1) is 12.6. The van der Waals surface area contributed by atoms with Gasteiger partial charge in [0.15, 0.2) is 0 Å². The summed E-state index contributed by atoms with van der Waals surface area (Å²) in [5, 5.41) is 3.06. The Bertz CT molecular complexity index is 407. The third-order valence-corrected chi connectivity index (χ3v) is 4.37. The molecule has 0 aromatic heterocycles. The van der Waals surface area contributed by atoms with E-state index in [1.165, 1.54) is 19.3 Å². The molecule has 0 spiro atoms. The van der Waals surface area contributed by atoms with Crippen molar-refractivity contribution < 1.29 is 4.79 Å². The van der Waals surface area contributed by atoms with Gasteiger partial charge in [-0.1, -0.05) is 35.3 Å². The van der Waals surface area contributed by atoms with Crippen LogP contribution in [0.15, 0.2) is 28.7 Å². The third kappa shape index (κ3) is 2.89. The Morgan fingerprint density at radius 3 is 2.76 bits per heavy atom. The first-order valence-electron chi connectivity index (χ1n) is 6.19. The molecule has 0 unspecified atom stereocenters. The average molecular weight is 296 g/mol. The smallest absolute Gasteiger partial charge is 0.251 e. The van der Waals surface area contributed by atoms with E-state index in [1.807, 2.05) is 24.3 Å². The Kier molecular flexibility index (Phi) is 3.87. The van der Waals surface area contributed by atoms with Crippen molar-refractivity contribution >= 4 is 21.8 Å². The van der Waals surface area contributed by atoms with E-state index >= 15 is 0 Å². The van der Waals surface area contributed by atoms with Gasteiger partial charge in [-0.2, -0.15) is 0 Å². The molecule has 1 amide bonds. The zero-order chi connectivity index (χ0) is 12.3. The molecule has 2 rings (SSSR count). The van der Waals surface area contributed by atoms with Crippen LogP contribution in [0.4, 0.5) is 0 Å². The molecular formula is C14H18BrNO. The highest BCUT2D eigenvalue weighted by atomic mass is 79.9. The van der Waals surface area contributed by atoms with Gasteiger partial charge in [-0.25, -0.2) is 0 Å². The van der Waals surface area contributed by atoms with Gasteiger partial charge >= 0.3 is 0 Å². The summed E-state index contributed by atoms with van der Waals surface area (Å²) < 4.78 is 0.944. The molecule has 92 valence electrons. The number of nitrogens with one attached hydrogen (secondary N) is 1. The molecule has 1 aliphatic carbocycles. The van der Waals surface area contributed by atoms with Gasteiger partial charge in [-0.05, 0) is 42.9 Å². The zero-order valence-electron chi connectivity index (χ0n) is 10.1. The Labute approximate surface area is 111 Å². The number of rotatable bonds is 4. The number of halogens is 1. The second kappa shape index (κ2) is 5.21. The van der Waals surface area contributed by atoms with Crippen molar-refractivity contribution in [2.24, 2.45) is 5.41 Å². The average Bonchev–Trinajstić information content (AvgIpc) is 2.28. The van der Waals surface area contributed by atoms with Gasteiger partial charge in [-0.3, -0.25) is 4.79 Å². The summed E-state index contributed by atoms with van der Waals surface area (Å²) in [6, 6.07) is 7.52. The lowest BCUT2D eigenvalue weighted by Crippen LogP contribution is -2.41. The molecule has 0 radical (unpaired) electrons. The van der Waals surface area contributed by atoms with Crippen molar-refractivity contribution in [3.05, 3.63) is 34.3 Å². The molecular weight excluding hydrogens is 278 g/mol. The van der Waals surface area contributed by atoms with Gasteiger partial charge in [0.2, 0.25) is 0 Å². The summed E-state index contributed by atoms with van der Waals surface area (Å²) in [5.41, 5.74) is 1.10. The van der Waals surface area contributed by atoms with Crippen molar-refractivity contribution in [2.75, 3.05) is 6.54 Å². The standard InChI is InChI=1S/C14H18BrNO/c1-2-14(7-4-8-14)10-16-13(17)11-5-3-6-12(15)9-11/h3,5-6,9H,2,4,7-8,10H2,1H3,(H,16,17). The van der Waals surface area contributed by atoms with Gasteiger partial charge in [-0.15, -0.1) is 0 Å². The van der Waals surface area contributed by atoms with E-state index in [-0.39, 0.29) is 5.91 Å². The monoisotopic (exact) mass is 295 g/mol. The highest BCUT2D eigenvalue weighted by Crippen LogP contribution is 2.43. The summed E-state index contributed by atoms with van der Waals surface area (Å²) in [6.45, 7) is 3.03. The summed E-state index contributed by atoms with van der Waals surface area (Å²) >= 11 is 3.38. The lowest BCUT2D eigenvalue weighted by molar-refractivity contribution is 0.0850. The topological polar surface area (TPSA) is 29.1 Å². The van der Waals surface area contributed by atoms with Crippen molar-refractivity contribution in [3.8, 4) is 0 Å². The summed E-state index contributed by atoms with van der Waals surface area (Å²) in [5.74, 6) is 0.0334. The number of amides is 1. The lowest BCUT2D eigenvalue weighted by atomic mass is 9.67. The van der Waals surface area contributed by atoms with Crippen LogP contribution in [0.25, 0.3) is 0 Å². The van der Waals surface area contributed by atoms with E-state index in [0.29, 0.717) is 5.41 Å². The maximum Gasteiger partial charge on any atom is 0.251 e.